The first-order valence-corrected chi connectivity index (χ1v) is 13.3. The van der Waals surface area contributed by atoms with E-state index in [-0.39, 0.29) is 25.6 Å². The monoisotopic (exact) mass is 614 g/mol. The number of rotatable bonds is 11. The Morgan fingerprint density at radius 1 is 0.976 bits per heavy atom. The molecule has 3 aromatic carbocycles. The molecule has 0 saturated heterocycles. The number of thioether (sulfide) groups is 1. The predicted molar refractivity (Wildman–Crippen MR) is 146 cm³/mol. The Bertz CT molecular complexity index is 1390. The SMILES string of the molecule is CNCCN(CC(=O)O)C(=O)c1cccc(COc2ccc(-c3cc(F)c(F)cc3SC)cc2)c1.O=C(O)C(F)(F)F. The normalized spacial score (nSPS) is 10.8. The third kappa shape index (κ3) is 10.3. The highest BCUT2D eigenvalue weighted by Gasteiger charge is 2.38. The van der Waals surface area contributed by atoms with Crippen LogP contribution in [-0.4, -0.2) is 72.1 Å². The van der Waals surface area contributed by atoms with Gasteiger partial charge in [-0.05, 0) is 66.4 Å². The van der Waals surface area contributed by atoms with Crippen LogP contribution >= 0.6 is 11.8 Å². The molecule has 0 aromatic heterocycles. The summed E-state index contributed by atoms with van der Waals surface area (Å²) in [6.45, 7) is 0.548. The molecule has 0 radical (unpaired) electrons. The number of hydrogen-bond acceptors (Lipinski definition) is 6. The van der Waals surface area contributed by atoms with E-state index in [0.29, 0.717) is 28.3 Å². The Labute approximate surface area is 242 Å². The minimum absolute atomic E-state index is 0.192. The second-order valence-corrected chi connectivity index (χ2v) is 9.36. The molecule has 0 bridgehead atoms. The molecule has 0 aliphatic carbocycles. The maximum Gasteiger partial charge on any atom is 0.490 e. The molecule has 0 saturated carbocycles. The number of ether oxygens (including phenoxy) is 1. The summed E-state index contributed by atoms with van der Waals surface area (Å²) in [5.74, 6) is -5.42. The summed E-state index contributed by atoms with van der Waals surface area (Å²) in [4.78, 5) is 34.8. The van der Waals surface area contributed by atoms with Crippen LogP contribution in [0.2, 0.25) is 0 Å². The number of hydrogen-bond donors (Lipinski definition) is 3. The van der Waals surface area contributed by atoms with Gasteiger partial charge in [-0.3, -0.25) is 9.59 Å². The third-order valence-electron chi connectivity index (χ3n) is 5.47. The van der Waals surface area contributed by atoms with E-state index in [2.05, 4.69) is 5.32 Å². The van der Waals surface area contributed by atoms with Crippen molar-refractivity contribution in [3.05, 3.63) is 83.4 Å². The second-order valence-electron chi connectivity index (χ2n) is 8.51. The summed E-state index contributed by atoms with van der Waals surface area (Å²) in [6, 6.07) is 16.2. The van der Waals surface area contributed by atoms with Crippen molar-refractivity contribution < 1.29 is 51.3 Å². The molecule has 0 aliphatic rings. The minimum atomic E-state index is -5.08. The highest BCUT2D eigenvalue weighted by atomic mass is 32.2. The van der Waals surface area contributed by atoms with E-state index in [0.717, 1.165) is 11.1 Å². The fourth-order valence-corrected chi connectivity index (χ4v) is 4.08. The van der Waals surface area contributed by atoms with Gasteiger partial charge in [-0.25, -0.2) is 13.6 Å². The van der Waals surface area contributed by atoms with Crippen LogP contribution in [0.3, 0.4) is 0 Å². The van der Waals surface area contributed by atoms with Gasteiger partial charge in [0.05, 0.1) is 0 Å². The van der Waals surface area contributed by atoms with E-state index in [1.54, 1.807) is 55.8 Å². The Kier molecular flexibility index (Phi) is 12.7. The summed E-state index contributed by atoms with van der Waals surface area (Å²) in [7, 11) is 1.73. The second kappa shape index (κ2) is 15.7. The van der Waals surface area contributed by atoms with E-state index >= 15 is 0 Å². The molecule has 0 unspecified atom stereocenters. The van der Waals surface area contributed by atoms with Crippen LogP contribution in [0.5, 0.6) is 5.75 Å². The van der Waals surface area contributed by atoms with Crippen LogP contribution in [0.4, 0.5) is 22.0 Å². The number of likely N-dealkylation sites (N-methyl/N-ethyl adjacent to an activating group) is 1. The van der Waals surface area contributed by atoms with Gasteiger partial charge in [0.2, 0.25) is 0 Å². The lowest BCUT2D eigenvalue weighted by atomic mass is 10.1. The average Bonchev–Trinajstić information content (AvgIpc) is 2.95. The molecular formula is C28H27F5N2O6S. The van der Waals surface area contributed by atoms with E-state index in [9.17, 15) is 31.5 Å². The van der Waals surface area contributed by atoms with Crippen molar-refractivity contribution in [3.8, 4) is 16.9 Å². The molecule has 3 N–H and O–H groups in total. The molecule has 0 heterocycles. The zero-order chi connectivity index (χ0) is 31.4. The number of nitrogens with zero attached hydrogens (tertiary/aromatic N) is 1. The first-order valence-electron chi connectivity index (χ1n) is 12.1. The van der Waals surface area contributed by atoms with Crippen molar-refractivity contribution >= 4 is 29.6 Å². The number of benzene rings is 3. The van der Waals surface area contributed by atoms with Gasteiger partial charge in [-0.15, -0.1) is 11.8 Å². The smallest absolute Gasteiger partial charge is 0.489 e. The lowest BCUT2D eigenvalue weighted by Crippen LogP contribution is -2.39. The average molecular weight is 615 g/mol. The molecule has 3 rings (SSSR count). The number of amides is 1. The number of halogens is 5. The molecule has 226 valence electrons. The summed E-state index contributed by atoms with van der Waals surface area (Å²) in [6.07, 6.45) is -3.28. The van der Waals surface area contributed by atoms with Crippen molar-refractivity contribution in [1.29, 1.82) is 0 Å². The zero-order valence-electron chi connectivity index (χ0n) is 22.4. The van der Waals surface area contributed by atoms with Gasteiger partial charge < -0.3 is 25.2 Å². The summed E-state index contributed by atoms with van der Waals surface area (Å²) < 4.78 is 64.9. The Morgan fingerprint density at radius 3 is 2.14 bits per heavy atom. The fourth-order valence-electron chi connectivity index (χ4n) is 3.46. The van der Waals surface area contributed by atoms with Crippen LogP contribution in [0.15, 0.2) is 65.6 Å². The molecule has 0 fully saturated rings. The van der Waals surface area contributed by atoms with Gasteiger partial charge in [0.15, 0.2) is 11.6 Å². The van der Waals surface area contributed by atoms with Crippen molar-refractivity contribution in [1.82, 2.24) is 10.2 Å². The van der Waals surface area contributed by atoms with E-state index < -0.39 is 29.7 Å². The predicted octanol–water partition coefficient (Wildman–Crippen LogP) is 5.31. The third-order valence-corrected chi connectivity index (χ3v) is 6.25. The van der Waals surface area contributed by atoms with Gasteiger partial charge >= 0.3 is 18.1 Å². The Balaban J connectivity index is 0.000000782. The molecule has 14 heteroatoms. The van der Waals surface area contributed by atoms with Gasteiger partial charge in [-0.1, -0.05) is 24.3 Å². The highest BCUT2D eigenvalue weighted by molar-refractivity contribution is 7.98. The van der Waals surface area contributed by atoms with Crippen LogP contribution in [0, 0.1) is 11.6 Å². The van der Waals surface area contributed by atoms with Crippen molar-refractivity contribution in [2.75, 3.05) is 32.9 Å². The van der Waals surface area contributed by atoms with Crippen LogP contribution < -0.4 is 10.1 Å². The maximum absolute atomic E-state index is 13.8. The number of nitrogens with one attached hydrogen (secondary N) is 1. The number of carbonyl (C=O) groups excluding carboxylic acids is 1. The van der Waals surface area contributed by atoms with Crippen molar-refractivity contribution in [3.63, 3.8) is 0 Å². The Hall–Kier alpha value is -4.17. The highest BCUT2D eigenvalue weighted by Crippen LogP contribution is 2.33. The first kappa shape index (κ1) is 34.0. The van der Waals surface area contributed by atoms with Crippen LogP contribution in [0.1, 0.15) is 15.9 Å². The molecule has 0 spiro atoms. The number of alkyl halides is 3. The molecular weight excluding hydrogens is 587 g/mol. The minimum Gasteiger partial charge on any atom is -0.489 e. The molecule has 1 amide bonds. The fraction of sp³-hybridized carbons (Fsp3) is 0.250. The lowest BCUT2D eigenvalue weighted by molar-refractivity contribution is -0.192. The maximum atomic E-state index is 13.8. The lowest BCUT2D eigenvalue weighted by Gasteiger charge is -2.21. The van der Waals surface area contributed by atoms with E-state index in [4.69, 9.17) is 19.7 Å². The molecule has 8 nitrogen and oxygen atoms in total. The van der Waals surface area contributed by atoms with Crippen LogP contribution in [0.25, 0.3) is 11.1 Å². The molecule has 0 atom stereocenters. The number of carboxylic acid groups (broad SMARTS) is 2. The molecule has 0 aliphatic heterocycles. The number of aliphatic carboxylic acids is 2. The number of carboxylic acids is 2. The Morgan fingerprint density at radius 2 is 1.60 bits per heavy atom. The number of carbonyl (C=O) groups is 3. The molecule has 3 aromatic rings. The van der Waals surface area contributed by atoms with Crippen molar-refractivity contribution in [2.45, 2.75) is 17.7 Å². The van der Waals surface area contributed by atoms with Gasteiger partial charge in [0, 0.05) is 23.5 Å². The first-order chi connectivity index (χ1) is 19.8. The van der Waals surface area contributed by atoms with Crippen molar-refractivity contribution in [2.24, 2.45) is 0 Å². The van der Waals surface area contributed by atoms with Gasteiger partial charge in [-0.2, -0.15) is 13.2 Å². The largest absolute Gasteiger partial charge is 0.490 e. The van der Waals surface area contributed by atoms with Crippen LogP contribution in [-0.2, 0) is 16.2 Å². The zero-order valence-corrected chi connectivity index (χ0v) is 23.2. The summed E-state index contributed by atoms with van der Waals surface area (Å²) >= 11 is 1.33. The standard InChI is InChI=1S/C26H26F2N2O4S.C2HF3O2/c1-29-10-11-30(15-25(31)32)26(33)19-5-3-4-17(12-19)16-34-20-8-6-18(7-9-20)21-13-22(27)23(28)14-24(21)35-2;3-2(4,5)1(6)7/h3-9,12-14,29H,10-11,15-16H2,1-2H3,(H,31,32);(H,6,7). The molecule has 42 heavy (non-hydrogen) atoms. The quantitative estimate of drug-likeness (QED) is 0.197. The topological polar surface area (TPSA) is 116 Å². The van der Waals surface area contributed by atoms with Gasteiger partial charge in [0.25, 0.3) is 5.91 Å². The van der Waals surface area contributed by atoms with E-state index in [1.165, 1.54) is 28.8 Å². The summed E-state index contributed by atoms with van der Waals surface area (Å²) in [5.41, 5.74) is 2.45. The van der Waals surface area contributed by atoms with E-state index in [1.807, 2.05) is 6.07 Å². The summed E-state index contributed by atoms with van der Waals surface area (Å²) in [5, 5.41) is 19.2. The van der Waals surface area contributed by atoms with Gasteiger partial charge in [0.1, 0.15) is 18.9 Å².